The van der Waals surface area contributed by atoms with E-state index in [-0.39, 0.29) is 5.69 Å². The first-order valence-corrected chi connectivity index (χ1v) is 6.67. The number of halogens is 1. The van der Waals surface area contributed by atoms with Gasteiger partial charge >= 0.3 is 5.97 Å². The number of esters is 1. The first kappa shape index (κ1) is 13.5. The maximum absolute atomic E-state index is 11.6. The van der Waals surface area contributed by atoms with Crippen molar-refractivity contribution < 1.29 is 14.7 Å². The highest BCUT2D eigenvalue weighted by atomic mass is 35.5. The van der Waals surface area contributed by atoms with Gasteiger partial charge in [-0.3, -0.25) is 0 Å². The molecule has 0 bridgehead atoms. The Morgan fingerprint density at radius 3 is 2.43 bits per heavy atom. The molecule has 0 aliphatic carbocycles. The predicted octanol–water partition coefficient (Wildman–Crippen LogP) is 3.99. The molecule has 0 radical (unpaired) electrons. The number of hydrogen-bond donors (Lipinski definition) is 1. The molecule has 3 aromatic rings. The normalized spacial score (nSPS) is 10.8. The molecule has 0 saturated carbocycles. The predicted molar refractivity (Wildman–Crippen MR) is 80.9 cm³/mol. The molecule has 0 saturated heterocycles. The van der Waals surface area contributed by atoms with Crippen molar-refractivity contribution in [3.8, 4) is 11.1 Å². The molecule has 0 spiro atoms. The Kier molecular flexibility index (Phi) is 3.31. The van der Waals surface area contributed by atoms with Gasteiger partial charge in [0.15, 0.2) is 5.69 Å². The van der Waals surface area contributed by atoms with Crippen LogP contribution in [-0.4, -0.2) is 23.0 Å². The lowest BCUT2D eigenvalue weighted by Gasteiger charge is -2.03. The van der Waals surface area contributed by atoms with E-state index in [0.29, 0.717) is 10.5 Å². The van der Waals surface area contributed by atoms with Crippen molar-refractivity contribution in [2.24, 2.45) is 0 Å². The molecule has 1 heterocycles. The molecule has 106 valence electrons. The standard InChI is InChI=1S/C16H12ClNO3/c1-21-16(19)15-9-12-8-11(4-7-14(12)18(15)20)10-2-5-13(17)6-3-10/h2-9,20H,1H3. The Bertz CT molecular complexity index is 821. The lowest BCUT2D eigenvalue weighted by Crippen LogP contribution is -2.07. The van der Waals surface area contributed by atoms with Gasteiger partial charge in [0.2, 0.25) is 0 Å². The van der Waals surface area contributed by atoms with Crippen LogP contribution in [0.4, 0.5) is 0 Å². The quantitative estimate of drug-likeness (QED) is 0.575. The Morgan fingerprint density at radius 2 is 1.76 bits per heavy atom. The highest BCUT2D eigenvalue weighted by Crippen LogP contribution is 2.27. The van der Waals surface area contributed by atoms with Gasteiger partial charge in [-0.1, -0.05) is 29.8 Å². The first-order chi connectivity index (χ1) is 10.1. The van der Waals surface area contributed by atoms with E-state index < -0.39 is 5.97 Å². The molecular formula is C16H12ClNO3. The Morgan fingerprint density at radius 1 is 1.10 bits per heavy atom. The summed E-state index contributed by atoms with van der Waals surface area (Å²) < 4.78 is 5.48. The number of hydrogen-bond acceptors (Lipinski definition) is 3. The van der Waals surface area contributed by atoms with Crippen LogP contribution in [0.25, 0.3) is 22.0 Å². The number of benzene rings is 2. The molecule has 21 heavy (non-hydrogen) atoms. The van der Waals surface area contributed by atoms with Crippen molar-refractivity contribution in [1.29, 1.82) is 0 Å². The summed E-state index contributed by atoms with van der Waals surface area (Å²) >= 11 is 5.88. The smallest absolute Gasteiger partial charge is 0.358 e. The summed E-state index contributed by atoms with van der Waals surface area (Å²) in [6.07, 6.45) is 0. The van der Waals surface area contributed by atoms with E-state index in [1.54, 1.807) is 12.1 Å². The van der Waals surface area contributed by atoms with Gasteiger partial charge in [-0.25, -0.2) is 4.79 Å². The average Bonchev–Trinajstić information content (AvgIpc) is 2.84. The largest absolute Gasteiger partial charge is 0.464 e. The SMILES string of the molecule is COC(=O)c1cc2cc(-c3ccc(Cl)cc3)ccc2n1O. The molecule has 1 aromatic heterocycles. The van der Waals surface area contributed by atoms with Crippen molar-refractivity contribution in [2.45, 2.75) is 0 Å². The van der Waals surface area contributed by atoms with E-state index in [4.69, 9.17) is 11.6 Å². The van der Waals surface area contributed by atoms with E-state index in [9.17, 15) is 10.0 Å². The topological polar surface area (TPSA) is 51.5 Å². The fourth-order valence-corrected chi connectivity index (χ4v) is 2.40. The van der Waals surface area contributed by atoms with E-state index >= 15 is 0 Å². The third-order valence-corrected chi connectivity index (χ3v) is 3.60. The van der Waals surface area contributed by atoms with Crippen molar-refractivity contribution >= 4 is 28.5 Å². The lowest BCUT2D eigenvalue weighted by molar-refractivity contribution is 0.0554. The van der Waals surface area contributed by atoms with E-state index in [1.165, 1.54) is 7.11 Å². The maximum atomic E-state index is 11.6. The summed E-state index contributed by atoms with van der Waals surface area (Å²) in [5.74, 6) is -0.582. The molecule has 0 fully saturated rings. The zero-order valence-corrected chi connectivity index (χ0v) is 12.0. The fourth-order valence-electron chi connectivity index (χ4n) is 2.27. The minimum Gasteiger partial charge on any atom is -0.464 e. The van der Waals surface area contributed by atoms with Gasteiger partial charge in [-0.15, -0.1) is 0 Å². The summed E-state index contributed by atoms with van der Waals surface area (Å²) in [5.41, 5.74) is 2.63. The minimum absolute atomic E-state index is 0.0979. The van der Waals surface area contributed by atoms with Crippen molar-refractivity contribution in [3.05, 3.63) is 59.2 Å². The fraction of sp³-hybridized carbons (Fsp3) is 0.0625. The molecule has 0 atom stereocenters. The molecule has 0 aliphatic rings. The maximum Gasteiger partial charge on any atom is 0.358 e. The molecule has 1 N–H and O–H groups in total. The van der Waals surface area contributed by atoms with E-state index in [2.05, 4.69) is 4.74 Å². The number of rotatable bonds is 2. The number of ether oxygens (including phenoxy) is 1. The number of carbonyl (C=O) groups excluding carboxylic acids is 1. The Balaban J connectivity index is 2.12. The summed E-state index contributed by atoms with van der Waals surface area (Å²) in [6, 6.07) is 14.6. The van der Waals surface area contributed by atoms with Gasteiger partial charge in [0, 0.05) is 10.4 Å². The molecule has 0 unspecified atom stereocenters. The second-order valence-corrected chi connectivity index (χ2v) is 5.05. The molecule has 0 aliphatic heterocycles. The summed E-state index contributed by atoms with van der Waals surface area (Å²) in [6.45, 7) is 0. The highest BCUT2D eigenvalue weighted by molar-refractivity contribution is 6.30. The van der Waals surface area contributed by atoms with E-state index in [1.807, 2.05) is 36.4 Å². The van der Waals surface area contributed by atoms with Gasteiger partial charge in [0.05, 0.1) is 12.6 Å². The third-order valence-electron chi connectivity index (χ3n) is 3.35. The third kappa shape index (κ3) is 2.34. The number of fused-ring (bicyclic) bond motifs is 1. The van der Waals surface area contributed by atoms with Crippen LogP contribution in [0.1, 0.15) is 10.5 Å². The van der Waals surface area contributed by atoms with Crippen LogP contribution in [0.2, 0.25) is 5.02 Å². The summed E-state index contributed by atoms with van der Waals surface area (Å²) in [4.78, 5) is 11.6. The van der Waals surface area contributed by atoms with Gasteiger partial charge in [-0.05, 0) is 41.5 Å². The molecule has 4 nitrogen and oxygen atoms in total. The zero-order chi connectivity index (χ0) is 15.0. The number of methoxy groups -OCH3 is 1. The number of nitrogens with zero attached hydrogens (tertiary/aromatic N) is 1. The minimum atomic E-state index is -0.582. The monoisotopic (exact) mass is 301 g/mol. The second kappa shape index (κ2) is 5.14. The average molecular weight is 302 g/mol. The highest BCUT2D eigenvalue weighted by Gasteiger charge is 2.16. The molecule has 2 aromatic carbocycles. The molecular weight excluding hydrogens is 290 g/mol. The van der Waals surface area contributed by atoms with Crippen LogP contribution in [0.15, 0.2) is 48.5 Å². The molecule has 3 rings (SSSR count). The van der Waals surface area contributed by atoms with Crippen LogP contribution in [0.5, 0.6) is 0 Å². The van der Waals surface area contributed by atoms with Crippen LogP contribution < -0.4 is 0 Å². The van der Waals surface area contributed by atoms with Crippen LogP contribution in [-0.2, 0) is 4.74 Å². The Hall–Kier alpha value is -2.46. The van der Waals surface area contributed by atoms with Gasteiger partial charge < -0.3 is 9.94 Å². The van der Waals surface area contributed by atoms with Gasteiger partial charge in [-0.2, -0.15) is 4.73 Å². The summed E-state index contributed by atoms with van der Waals surface area (Å²) in [5, 5.41) is 11.4. The Labute approximate surface area is 126 Å². The summed E-state index contributed by atoms with van der Waals surface area (Å²) in [7, 11) is 1.28. The number of aromatic nitrogens is 1. The molecule has 0 amide bonds. The van der Waals surface area contributed by atoms with Crippen LogP contribution >= 0.6 is 11.6 Å². The second-order valence-electron chi connectivity index (χ2n) is 4.61. The molecule has 5 heteroatoms. The van der Waals surface area contributed by atoms with E-state index in [0.717, 1.165) is 21.2 Å². The number of carbonyl (C=O) groups is 1. The van der Waals surface area contributed by atoms with Gasteiger partial charge in [0.25, 0.3) is 0 Å². The van der Waals surface area contributed by atoms with Crippen LogP contribution in [0.3, 0.4) is 0 Å². The zero-order valence-electron chi connectivity index (χ0n) is 11.2. The van der Waals surface area contributed by atoms with Crippen molar-refractivity contribution in [2.75, 3.05) is 7.11 Å². The first-order valence-electron chi connectivity index (χ1n) is 6.29. The van der Waals surface area contributed by atoms with Crippen molar-refractivity contribution in [1.82, 2.24) is 4.73 Å². The lowest BCUT2D eigenvalue weighted by atomic mass is 10.0. The van der Waals surface area contributed by atoms with Crippen LogP contribution in [0, 0.1) is 0 Å². The van der Waals surface area contributed by atoms with Gasteiger partial charge in [0.1, 0.15) is 0 Å². The van der Waals surface area contributed by atoms with Crippen molar-refractivity contribution in [3.63, 3.8) is 0 Å².